The molecule has 0 saturated carbocycles. The van der Waals surface area contributed by atoms with E-state index in [1.807, 2.05) is 75.4 Å². The van der Waals surface area contributed by atoms with Gasteiger partial charge in [0.1, 0.15) is 0 Å². The van der Waals surface area contributed by atoms with Crippen LogP contribution in [0.4, 0.5) is 0 Å². The first-order chi connectivity index (χ1) is 14.0. The Morgan fingerprint density at radius 2 is 1.66 bits per heavy atom. The smallest absolute Gasteiger partial charge is 0.339 e. The van der Waals surface area contributed by atoms with Crippen LogP contribution in [0.25, 0.3) is 22.2 Å². The molecule has 3 aromatic rings. The lowest BCUT2D eigenvalue weighted by Gasteiger charge is -2.16. The molecule has 0 unspecified atom stereocenters. The number of carbonyl (C=O) groups is 2. The van der Waals surface area contributed by atoms with E-state index in [9.17, 15) is 9.59 Å². The molecule has 3 rings (SSSR count). The monoisotopic (exact) mass is 390 g/mol. The number of rotatable bonds is 7. The van der Waals surface area contributed by atoms with Gasteiger partial charge in [-0.25, -0.2) is 9.78 Å². The van der Waals surface area contributed by atoms with Crippen molar-refractivity contribution in [1.29, 1.82) is 0 Å². The lowest BCUT2D eigenvalue weighted by molar-refractivity contribution is -0.125. The maximum Gasteiger partial charge on any atom is 0.339 e. The molecule has 29 heavy (non-hydrogen) atoms. The molecule has 0 radical (unpaired) electrons. The molecule has 1 aromatic heterocycles. The van der Waals surface area contributed by atoms with Gasteiger partial charge in [-0.15, -0.1) is 0 Å². The van der Waals surface area contributed by atoms with Crippen LogP contribution in [-0.2, 0) is 9.53 Å². The second kappa shape index (κ2) is 9.32. The molecule has 0 aliphatic rings. The number of carbonyl (C=O) groups excluding carboxylic acids is 2. The third-order valence-corrected chi connectivity index (χ3v) is 5.07. The summed E-state index contributed by atoms with van der Waals surface area (Å²) < 4.78 is 5.38. The zero-order chi connectivity index (χ0) is 20.8. The lowest BCUT2D eigenvalue weighted by Crippen LogP contribution is -2.36. The molecule has 0 fully saturated rings. The number of benzene rings is 2. The first-order valence-electron chi connectivity index (χ1n) is 9.96. The second-order valence-electron chi connectivity index (χ2n) is 7.00. The van der Waals surface area contributed by atoms with Crippen LogP contribution in [0.3, 0.4) is 0 Å². The van der Waals surface area contributed by atoms with Gasteiger partial charge in [-0.2, -0.15) is 0 Å². The molecule has 150 valence electrons. The van der Waals surface area contributed by atoms with Gasteiger partial charge in [0.2, 0.25) is 0 Å². The van der Waals surface area contributed by atoms with Gasteiger partial charge in [-0.05, 0) is 31.4 Å². The van der Waals surface area contributed by atoms with Crippen molar-refractivity contribution in [3.05, 3.63) is 65.7 Å². The molecule has 0 spiro atoms. The quantitative estimate of drug-likeness (QED) is 0.595. The van der Waals surface area contributed by atoms with E-state index >= 15 is 0 Å². The molecular weight excluding hydrogens is 364 g/mol. The van der Waals surface area contributed by atoms with E-state index in [-0.39, 0.29) is 18.6 Å². The van der Waals surface area contributed by atoms with Crippen molar-refractivity contribution in [2.24, 2.45) is 0 Å². The molecule has 0 saturated heterocycles. The number of para-hydroxylation sites is 1. The van der Waals surface area contributed by atoms with Crippen LogP contribution in [0.15, 0.2) is 54.6 Å². The highest BCUT2D eigenvalue weighted by Gasteiger charge is 2.21. The van der Waals surface area contributed by atoms with Gasteiger partial charge in [0.25, 0.3) is 5.91 Å². The molecule has 5 nitrogen and oxygen atoms in total. The van der Waals surface area contributed by atoms with Crippen LogP contribution < -0.4 is 5.32 Å². The van der Waals surface area contributed by atoms with E-state index in [2.05, 4.69) is 5.32 Å². The van der Waals surface area contributed by atoms with Gasteiger partial charge >= 0.3 is 5.97 Å². The summed E-state index contributed by atoms with van der Waals surface area (Å²) in [5.41, 5.74) is 3.56. The average Bonchev–Trinajstić information content (AvgIpc) is 2.76. The van der Waals surface area contributed by atoms with Crippen molar-refractivity contribution in [2.75, 3.05) is 6.61 Å². The fourth-order valence-electron chi connectivity index (χ4n) is 3.41. The average molecular weight is 390 g/mol. The van der Waals surface area contributed by atoms with Crippen LogP contribution in [0.5, 0.6) is 0 Å². The fourth-order valence-corrected chi connectivity index (χ4v) is 3.41. The number of fused-ring (bicyclic) bond motifs is 1. The maximum absolute atomic E-state index is 13.0. The van der Waals surface area contributed by atoms with E-state index in [0.29, 0.717) is 11.1 Å². The summed E-state index contributed by atoms with van der Waals surface area (Å²) in [7, 11) is 0. The number of aromatic nitrogens is 1. The van der Waals surface area contributed by atoms with Gasteiger partial charge < -0.3 is 10.1 Å². The van der Waals surface area contributed by atoms with Crippen molar-refractivity contribution in [3.63, 3.8) is 0 Å². The van der Waals surface area contributed by atoms with E-state index < -0.39 is 5.97 Å². The highest BCUT2D eigenvalue weighted by molar-refractivity contribution is 6.06. The van der Waals surface area contributed by atoms with E-state index in [1.54, 1.807) is 0 Å². The van der Waals surface area contributed by atoms with Crippen molar-refractivity contribution >= 4 is 22.8 Å². The van der Waals surface area contributed by atoms with E-state index in [4.69, 9.17) is 9.72 Å². The standard InChI is InChI=1S/C24H26N2O3/c1-4-18(5-2)25-21(27)15-29-24(28)22-16(3)23(17-11-7-6-8-12-17)26-20-14-10-9-13-19(20)22/h6-14,18H,4-5,15H2,1-3H3,(H,25,27). The highest BCUT2D eigenvalue weighted by atomic mass is 16.5. The first-order valence-corrected chi connectivity index (χ1v) is 9.96. The minimum atomic E-state index is -0.516. The summed E-state index contributed by atoms with van der Waals surface area (Å²) in [4.78, 5) is 29.9. The van der Waals surface area contributed by atoms with Crippen molar-refractivity contribution < 1.29 is 14.3 Å². The topological polar surface area (TPSA) is 68.3 Å². The predicted molar refractivity (Wildman–Crippen MR) is 115 cm³/mol. The summed E-state index contributed by atoms with van der Waals surface area (Å²) in [6.45, 7) is 5.59. The Labute approximate surface area is 171 Å². The van der Waals surface area contributed by atoms with Crippen LogP contribution in [0, 0.1) is 6.92 Å². The third kappa shape index (κ3) is 4.62. The van der Waals surface area contributed by atoms with Crippen LogP contribution in [-0.4, -0.2) is 29.5 Å². The molecule has 0 bridgehead atoms. The Morgan fingerprint density at radius 1 is 1.00 bits per heavy atom. The second-order valence-corrected chi connectivity index (χ2v) is 7.00. The number of nitrogens with zero attached hydrogens (tertiary/aromatic N) is 1. The summed E-state index contributed by atoms with van der Waals surface area (Å²) in [6, 6.07) is 17.3. The number of ether oxygens (including phenoxy) is 1. The molecule has 1 N–H and O–H groups in total. The van der Waals surface area contributed by atoms with Crippen LogP contribution >= 0.6 is 0 Å². The number of hydrogen-bond acceptors (Lipinski definition) is 4. The Hall–Kier alpha value is -3.21. The Balaban J connectivity index is 1.92. The normalized spacial score (nSPS) is 10.9. The van der Waals surface area contributed by atoms with Gasteiger partial charge in [-0.1, -0.05) is 62.4 Å². The van der Waals surface area contributed by atoms with Crippen LogP contribution in [0.2, 0.25) is 0 Å². The number of hydrogen-bond donors (Lipinski definition) is 1. The molecule has 1 heterocycles. The number of amides is 1. The lowest BCUT2D eigenvalue weighted by atomic mass is 9.98. The molecular formula is C24H26N2O3. The maximum atomic E-state index is 13.0. The third-order valence-electron chi connectivity index (χ3n) is 5.07. The molecule has 5 heteroatoms. The highest BCUT2D eigenvalue weighted by Crippen LogP contribution is 2.30. The van der Waals surface area contributed by atoms with Gasteiger partial charge in [-0.3, -0.25) is 4.79 Å². The number of pyridine rings is 1. The Bertz CT molecular complexity index is 1010. The zero-order valence-corrected chi connectivity index (χ0v) is 17.1. The molecule has 0 aliphatic carbocycles. The Kier molecular flexibility index (Phi) is 6.60. The van der Waals surface area contributed by atoms with Gasteiger partial charge in [0.15, 0.2) is 6.61 Å². The molecule has 2 aromatic carbocycles. The van der Waals surface area contributed by atoms with E-state index in [0.717, 1.165) is 35.0 Å². The Morgan fingerprint density at radius 3 is 2.34 bits per heavy atom. The summed E-state index contributed by atoms with van der Waals surface area (Å²) in [5.74, 6) is -0.802. The number of nitrogens with one attached hydrogen (secondary N) is 1. The summed E-state index contributed by atoms with van der Waals surface area (Å²) in [5, 5.41) is 3.60. The summed E-state index contributed by atoms with van der Waals surface area (Å²) in [6.07, 6.45) is 1.68. The molecule has 1 amide bonds. The molecule has 0 aliphatic heterocycles. The minimum absolute atomic E-state index is 0.0920. The predicted octanol–water partition coefficient (Wildman–Crippen LogP) is 4.67. The van der Waals surface area contributed by atoms with E-state index in [1.165, 1.54) is 0 Å². The van der Waals surface area contributed by atoms with Crippen molar-refractivity contribution in [2.45, 2.75) is 39.7 Å². The van der Waals surface area contributed by atoms with Gasteiger partial charge in [0.05, 0.1) is 16.8 Å². The minimum Gasteiger partial charge on any atom is -0.452 e. The first kappa shape index (κ1) is 20.5. The fraction of sp³-hybridized carbons (Fsp3) is 0.292. The molecule has 0 atom stereocenters. The largest absolute Gasteiger partial charge is 0.452 e. The SMILES string of the molecule is CCC(CC)NC(=O)COC(=O)c1c(C)c(-c2ccccc2)nc2ccccc12. The van der Waals surface area contributed by atoms with Crippen molar-refractivity contribution in [1.82, 2.24) is 10.3 Å². The number of esters is 1. The summed E-state index contributed by atoms with van der Waals surface area (Å²) >= 11 is 0. The van der Waals surface area contributed by atoms with Gasteiger partial charge in [0, 0.05) is 17.0 Å². The van der Waals surface area contributed by atoms with Crippen molar-refractivity contribution in [3.8, 4) is 11.3 Å². The zero-order valence-electron chi connectivity index (χ0n) is 17.1. The van der Waals surface area contributed by atoms with Crippen LogP contribution in [0.1, 0.15) is 42.6 Å².